The lowest BCUT2D eigenvalue weighted by Gasteiger charge is -2.36. The van der Waals surface area contributed by atoms with E-state index in [-0.39, 0.29) is 11.8 Å². The zero-order chi connectivity index (χ0) is 31.2. The molecule has 3 aromatic heterocycles. The maximum Gasteiger partial charge on any atom is 0.490 e. The second kappa shape index (κ2) is 12.9. The van der Waals surface area contributed by atoms with Gasteiger partial charge in [0.15, 0.2) is 0 Å². The first kappa shape index (κ1) is 31.8. The molecule has 0 aromatic carbocycles. The molecule has 0 unspecified atom stereocenters. The molecule has 0 spiro atoms. The second-order valence-electron chi connectivity index (χ2n) is 9.92. The summed E-state index contributed by atoms with van der Waals surface area (Å²) in [5.74, 6) is -1.80. The number of fused-ring (bicyclic) bond motifs is 1. The van der Waals surface area contributed by atoms with Crippen LogP contribution in [0.1, 0.15) is 26.3 Å². The van der Waals surface area contributed by atoms with Crippen molar-refractivity contribution in [3.8, 4) is 22.9 Å². The van der Waals surface area contributed by atoms with Crippen molar-refractivity contribution in [3.63, 3.8) is 0 Å². The van der Waals surface area contributed by atoms with E-state index in [4.69, 9.17) is 19.4 Å². The van der Waals surface area contributed by atoms with Crippen LogP contribution in [-0.4, -0.2) is 87.7 Å². The lowest BCUT2D eigenvalue weighted by atomic mass is 10.1. The summed E-state index contributed by atoms with van der Waals surface area (Å²) in [4.78, 5) is 29.5. The number of carboxylic acid groups (broad SMARTS) is 1. The summed E-state index contributed by atoms with van der Waals surface area (Å²) < 4.78 is 69.1. The highest BCUT2D eigenvalue weighted by Crippen LogP contribution is 2.31. The number of alkyl halides is 5. The molecule has 11 nitrogen and oxygen atoms in total. The third kappa shape index (κ3) is 8.41. The highest BCUT2D eigenvalue weighted by atomic mass is 19.4. The summed E-state index contributed by atoms with van der Waals surface area (Å²) in [6, 6.07) is 7.41. The molecule has 1 saturated heterocycles. The maximum absolute atomic E-state index is 12.6. The minimum atomic E-state index is -5.08. The molecule has 3 aromatic rings. The van der Waals surface area contributed by atoms with E-state index in [0.29, 0.717) is 48.4 Å². The first-order chi connectivity index (χ1) is 19.6. The number of hydrogen-bond acceptors (Lipinski definition) is 8. The fourth-order valence-corrected chi connectivity index (χ4v) is 3.81. The Morgan fingerprint density at radius 2 is 1.76 bits per heavy atom. The monoisotopic (exact) mass is 598 g/mol. The summed E-state index contributed by atoms with van der Waals surface area (Å²) >= 11 is 0. The van der Waals surface area contributed by atoms with Crippen LogP contribution in [0.4, 0.5) is 32.6 Å². The number of hydrogen-bond donors (Lipinski definition) is 1. The SMILES string of the molecule is CC(C)(C)OC(=O)N1CCN(c2ccc(-c3cc(OCC(F)F)cn4ncc(C#N)c34)cn2)CC1.O=C(O)C(F)(F)F. The summed E-state index contributed by atoms with van der Waals surface area (Å²) in [7, 11) is 0. The Hall–Kier alpha value is -4.68. The lowest BCUT2D eigenvalue weighted by Crippen LogP contribution is -2.50. The Labute approximate surface area is 236 Å². The Balaban J connectivity index is 0.000000616. The smallest absolute Gasteiger partial charge is 0.486 e. The second-order valence-corrected chi connectivity index (χ2v) is 9.92. The predicted octanol–water partition coefficient (Wildman–Crippen LogP) is 4.60. The number of anilines is 1. The number of carboxylic acids is 1. The lowest BCUT2D eigenvalue weighted by molar-refractivity contribution is -0.192. The first-order valence-corrected chi connectivity index (χ1v) is 12.4. The van der Waals surface area contributed by atoms with Crippen molar-refractivity contribution in [2.75, 3.05) is 37.7 Å². The number of aromatic nitrogens is 3. The third-order valence-electron chi connectivity index (χ3n) is 5.64. The predicted molar refractivity (Wildman–Crippen MR) is 138 cm³/mol. The molecule has 4 rings (SSSR count). The van der Waals surface area contributed by atoms with Gasteiger partial charge in [-0.05, 0) is 39.0 Å². The van der Waals surface area contributed by atoms with Gasteiger partial charge in [0, 0.05) is 43.5 Å². The summed E-state index contributed by atoms with van der Waals surface area (Å²) in [6.07, 6.45) is -3.48. The molecule has 1 fully saturated rings. The van der Waals surface area contributed by atoms with Gasteiger partial charge in [-0.3, -0.25) is 0 Å². The number of ether oxygens (including phenoxy) is 2. The van der Waals surface area contributed by atoms with Gasteiger partial charge in [-0.15, -0.1) is 0 Å². The maximum atomic E-state index is 12.6. The normalized spacial score (nSPS) is 13.8. The van der Waals surface area contributed by atoms with Gasteiger partial charge >= 0.3 is 18.2 Å². The molecule has 4 heterocycles. The van der Waals surface area contributed by atoms with E-state index in [0.717, 1.165) is 5.82 Å². The number of halogens is 5. The first-order valence-electron chi connectivity index (χ1n) is 12.4. The van der Waals surface area contributed by atoms with Crippen molar-refractivity contribution in [1.29, 1.82) is 5.26 Å². The fourth-order valence-electron chi connectivity index (χ4n) is 3.81. The minimum absolute atomic E-state index is 0.211. The van der Waals surface area contributed by atoms with Gasteiger partial charge in [-0.2, -0.15) is 23.5 Å². The highest BCUT2D eigenvalue weighted by Gasteiger charge is 2.38. The Bertz CT molecular complexity index is 1440. The minimum Gasteiger partial charge on any atom is -0.486 e. The highest BCUT2D eigenvalue weighted by molar-refractivity contribution is 5.85. The van der Waals surface area contributed by atoms with Crippen LogP contribution >= 0.6 is 0 Å². The van der Waals surface area contributed by atoms with E-state index >= 15 is 0 Å². The molecule has 0 saturated carbocycles. The van der Waals surface area contributed by atoms with Gasteiger partial charge in [0.1, 0.15) is 29.8 Å². The fraction of sp³-hybridized carbons (Fsp3) is 0.423. The van der Waals surface area contributed by atoms with E-state index in [1.807, 2.05) is 32.9 Å². The van der Waals surface area contributed by atoms with Crippen LogP contribution in [0.2, 0.25) is 0 Å². The third-order valence-corrected chi connectivity index (χ3v) is 5.64. The quantitative estimate of drug-likeness (QED) is 0.418. The van der Waals surface area contributed by atoms with E-state index in [1.54, 1.807) is 17.2 Å². The van der Waals surface area contributed by atoms with Gasteiger partial charge in [-0.25, -0.2) is 27.9 Å². The van der Waals surface area contributed by atoms with Crippen molar-refractivity contribution < 1.29 is 46.1 Å². The van der Waals surface area contributed by atoms with Crippen LogP contribution in [-0.2, 0) is 9.53 Å². The van der Waals surface area contributed by atoms with Crippen LogP contribution in [0.5, 0.6) is 5.75 Å². The molecule has 226 valence electrons. The topological polar surface area (TPSA) is 133 Å². The number of carbonyl (C=O) groups excluding carboxylic acids is 1. The van der Waals surface area contributed by atoms with Gasteiger partial charge in [0.05, 0.1) is 23.5 Å². The van der Waals surface area contributed by atoms with Gasteiger partial charge in [0.2, 0.25) is 0 Å². The number of amides is 1. The Morgan fingerprint density at radius 1 is 1.12 bits per heavy atom. The number of aliphatic carboxylic acids is 1. The van der Waals surface area contributed by atoms with Gasteiger partial charge in [0.25, 0.3) is 6.43 Å². The van der Waals surface area contributed by atoms with Crippen LogP contribution in [0.15, 0.2) is 36.8 Å². The molecule has 0 atom stereocenters. The molecular formula is C26H27F5N6O5. The van der Waals surface area contributed by atoms with Crippen molar-refractivity contribution in [1.82, 2.24) is 19.5 Å². The zero-order valence-electron chi connectivity index (χ0n) is 22.7. The van der Waals surface area contributed by atoms with Crippen molar-refractivity contribution >= 4 is 23.4 Å². The molecule has 16 heteroatoms. The molecule has 0 bridgehead atoms. The number of rotatable bonds is 5. The van der Waals surface area contributed by atoms with E-state index < -0.39 is 30.8 Å². The molecule has 1 aliphatic rings. The summed E-state index contributed by atoms with van der Waals surface area (Å²) in [5.41, 5.74) is 1.63. The zero-order valence-corrected chi connectivity index (χ0v) is 22.7. The van der Waals surface area contributed by atoms with Crippen molar-refractivity contribution in [3.05, 3.63) is 42.4 Å². The van der Waals surface area contributed by atoms with E-state index in [1.165, 1.54) is 16.9 Å². The molecular weight excluding hydrogens is 571 g/mol. The van der Waals surface area contributed by atoms with E-state index in [9.17, 15) is 32.0 Å². The number of nitrogens with zero attached hydrogens (tertiary/aromatic N) is 6. The van der Waals surface area contributed by atoms with Crippen LogP contribution in [0.25, 0.3) is 16.6 Å². The van der Waals surface area contributed by atoms with Crippen LogP contribution in [0.3, 0.4) is 0 Å². The van der Waals surface area contributed by atoms with Crippen LogP contribution in [0, 0.1) is 11.3 Å². The molecule has 1 amide bonds. The molecule has 1 aliphatic heterocycles. The molecule has 0 radical (unpaired) electrons. The number of nitriles is 1. The number of carbonyl (C=O) groups is 2. The average molecular weight is 599 g/mol. The van der Waals surface area contributed by atoms with Gasteiger partial charge < -0.3 is 24.4 Å². The summed E-state index contributed by atoms with van der Waals surface area (Å²) in [5, 5.41) is 20.8. The van der Waals surface area contributed by atoms with Crippen molar-refractivity contribution in [2.45, 2.75) is 39.0 Å². The molecule has 42 heavy (non-hydrogen) atoms. The number of pyridine rings is 2. The molecule has 0 aliphatic carbocycles. The Kier molecular flexibility index (Phi) is 9.76. The standard InChI is InChI=1S/C24H26F2N6O3.C2HF3O2/c1-24(2,3)35-23(33)31-8-6-30(7-9-31)21-5-4-16(12-28-21)19-10-18(34-15-20(25)26)14-32-22(19)17(11-27)13-29-32;3-2(4,5)1(6)7/h4-5,10,12-14,20H,6-9,15H2,1-3H3;(H,6,7). The Morgan fingerprint density at radius 3 is 2.26 bits per heavy atom. The van der Waals surface area contributed by atoms with Crippen molar-refractivity contribution in [2.24, 2.45) is 0 Å². The largest absolute Gasteiger partial charge is 0.490 e. The van der Waals surface area contributed by atoms with E-state index in [2.05, 4.69) is 21.1 Å². The average Bonchev–Trinajstić information content (AvgIpc) is 3.34. The van der Waals surface area contributed by atoms with Crippen LogP contribution < -0.4 is 9.64 Å². The summed E-state index contributed by atoms with van der Waals surface area (Å²) in [6.45, 7) is 7.01. The van der Waals surface area contributed by atoms with Gasteiger partial charge in [-0.1, -0.05) is 0 Å². The molecule has 1 N–H and O–H groups in total. The number of piperazine rings is 1.